The number of guanidine groups is 1. The van der Waals surface area contributed by atoms with Crippen molar-refractivity contribution in [2.75, 3.05) is 51.7 Å². The molecule has 0 amide bonds. The Hall–Kier alpha value is -1.02. The second-order valence-electron chi connectivity index (χ2n) is 7.03. The number of anilines is 1. The Morgan fingerprint density at radius 2 is 1.88 bits per heavy atom. The van der Waals surface area contributed by atoms with E-state index in [0.29, 0.717) is 6.54 Å². The highest BCUT2D eigenvalue weighted by molar-refractivity contribution is 14.0. The molecular formula is C20H36IN5. The molecule has 2 rings (SSSR count). The molecule has 2 N–H and O–H groups in total. The van der Waals surface area contributed by atoms with Crippen LogP contribution in [0.1, 0.15) is 37.3 Å². The summed E-state index contributed by atoms with van der Waals surface area (Å²) >= 11 is 0. The third-order valence-corrected chi connectivity index (χ3v) is 4.76. The highest BCUT2D eigenvalue weighted by atomic mass is 127. The van der Waals surface area contributed by atoms with Crippen molar-refractivity contribution in [2.24, 2.45) is 4.99 Å². The van der Waals surface area contributed by atoms with Gasteiger partial charge in [0, 0.05) is 39.4 Å². The Morgan fingerprint density at radius 1 is 1.15 bits per heavy atom. The smallest absolute Gasteiger partial charge is 0.191 e. The number of hydrogen-bond donors (Lipinski definition) is 2. The molecule has 1 heterocycles. The summed E-state index contributed by atoms with van der Waals surface area (Å²) in [6.07, 6.45) is 4.08. The Morgan fingerprint density at radius 3 is 2.50 bits per heavy atom. The summed E-state index contributed by atoms with van der Waals surface area (Å²) in [6.45, 7) is 10.4. The van der Waals surface area contributed by atoms with E-state index in [1.807, 2.05) is 0 Å². The van der Waals surface area contributed by atoms with Crippen LogP contribution in [0.3, 0.4) is 0 Å². The van der Waals surface area contributed by atoms with Crippen molar-refractivity contribution >= 4 is 35.6 Å². The highest BCUT2D eigenvalue weighted by Crippen LogP contribution is 2.18. The lowest BCUT2D eigenvalue weighted by atomic mass is 10.1. The summed E-state index contributed by atoms with van der Waals surface area (Å²) in [5.74, 6) is 0.913. The van der Waals surface area contributed by atoms with Gasteiger partial charge >= 0.3 is 0 Å². The van der Waals surface area contributed by atoms with Crippen molar-refractivity contribution in [1.82, 2.24) is 15.5 Å². The standard InChI is InChI=1S/C20H35N5.HI/c1-5-21-20(22-11-14-25-12-7-6-8-13-25)23-16-18-9-10-19(24(3)4)15-17(18)2;/h9-10,15H,5-8,11-14,16H2,1-4H3,(H2,21,22,23);1H. The van der Waals surface area contributed by atoms with Gasteiger partial charge in [0.1, 0.15) is 0 Å². The quantitative estimate of drug-likeness (QED) is 0.363. The number of benzene rings is 1. The fourth-order valence-corrected chi connectivity index (χ4v) is 3.16. The first-order valence-electron chi connectivity index (χ1n) is 9.61. The first-order valence-corrected chi connectivity index (χ1v) is 9.61. The summed E-state index contributed by atoms with van der Waals surface area (Å²) in [5, 5.41) is 6.83. The van der Waals surface area contributed by atoms with E-state index in [1.165, 1.54) is 49.2 Å². The van der Waals surface area contributed by atoms with Crippen LogP contribution in [-0.2, 0) is 6.54 Å². The van der Waals surface area contributed by atoms with Crippen LogP contribution >= 0.6 is 24.0 Å². The molecule has 1 aromatic carbocycles. The first-order chi connectivity index (χ1) is 12.1. The van der Waals surface area contributed by atoms with E-state index in [1.54, 1.807) is 0 Å². The number of piperidine rings is 1. The molecule has 1 saturated heterocycles. The van der Waals surface area contributed by atoms with Crippen molar-refractivity contribution in [3.05, 3.63) is 29.3 Å². The van der Waals surface area contributed by atoms with Crippen LogP contribution in [-0.4, -0.2) is 57.7 Å². The zero-order valence-corrected chi connectivity index (χ0v) is 19.2. The maximum atomic E-state index is 4.76. The Balaban J connectivity index is 0.00000338. The van der Waals surface area contributed by atoms with Crippen LogP contribution in [0.4, 0.5) is 5.69 Å². The number of aliphatic imine (C=N–C) groups is 1. The number of nitrogens with one attached hydrogen (secondary N) is 2. The van der Waals surface area contributed by atoms with Crippen LogP contribution < -0.4 is 15.5 Å². The van der Waals surface area contributed by atoms with Gasteiger partial charge in [-0.05, 0) is 63.0 Å². The van der Waals surface area contributed by atoms with Crippen molar-refractivity contribution in [3.63, 3.8) is 0 Å². The Labute approximate surface area is 176 Å². The van der Waals surface area contributed by atoms with Gasteiger partial charge in [0.2, 0.25) is 0 Å². The van der Waals surface area contributed by atoms with E-state index < -0.39 is 0 Å². The average molecular weight is 473 g/mol. The Bertz CT molecular complexity index is 553. The molecule has 0 atom stereocenters. The van der Waals surface area contributed by atoms with Gasteiger partial charge < -0.3 is 20.4 Å². The molecular weight excluding hydrogens is 437 g/mol. The van der Waals surface area contributed by atoms with Gasteiger partial charge in [-0.2, -0.15) is 0 Å². The van der Waals surface area contributed by atoms with Crippen LogP contribution in [0.15, 0.2) is 23.2 Å². The monoisotopic (exact) mass is 473 g/mol. The summed E-state index contributed by atoms with van der Waals surface area (Å²) in [7, 11) is 4.14. The van der Waals surface area contributed by atoms with Crippen molar-refractivity contribution in [3.8, 4) is 0 Å². The fourth-order valence-electron chi connectivity index (χ4n) is 3.16. The van der Waals surface area contributed by atoms with E-state index in [9.17, 15) is 0 Å². The van der Waals surface area contributed by atoms with Gasteiger partial charge in [-0.3, -0.25) is 0 Å². The molecule has 0 aliphatic carbocycles. The van der Waals surface area contributed by atoms with Crippen molar-refractivity contribution < 1.29 is 0 Å². The Kier molecular flexibility index (Phi) is 11.0. The minimum absolute atomic E-state index is 0. The van der Waals surface area contributed by atoms with E-state index in [4.69, 9.17) is 4.99 Å². The van der Waals surface area contributed by atoms with Crippen LogP contribution in [0, 0.1) is 6.92 Å². The lowest BCUT2D eigenvalue weighted by molar-refractivity contribution is 0.232. The van der Waals surface area contributed by atoms with Crippen LogP contribution in [0.5, 0.6) is 0 Å². The predicted molar refractivity (Wildman–Crippen MR) is 124 cm³/mol. The first kappa shape index (κ1) is 23.0. The average Bonchev–Trinajstić information content (AvgIpc) is 2.61. The molecule has 0 aromatic heterocycles. The van der Waals surface area contributed by atoms with Gasteiger partial charge in [0.05, 0.1) is 6.54 Å². The molecule has 0 spiro atoms. The predicted octanol–water partition coefficient (Wildman–Crippen LogP) is 3.22. The molecule has 5 nitrogen and oxygen atoms in total. The molecule has 1 aliphatic heterocycles. The maximum Gasteiger partial charge on any atom is 0.191 e. The number of nitrogens with zero attached hydrogens (tertiary/aromatic N) is 3. The topological polar surface area (TPSA) is 42.9 Å². The van der Waals surface area contributed by atoms with Crippen molar-refractivity contribution in [2.45, 2.75) is 39.7 Å². The zero-order chi connectivity index (χ0) is 18.1. The lowest BCUT2D eigenvalue weighted by Crippen LogP contribution is -2.42. The van der Waals surface area contributed by atoms with E-state index in [0.717, 1.165) is 25.6 Å². The second-order valence-corrected chi connectivity index (χ2v) is 7.03. The number of aryl methyl sites for hydroxylation is 1. The van der Waals surface area contributed by atoms with E-state index in [-0.39, 0.29) is 24.0 Å². The van der Waals surface area contributed by atoms with Gasteiger partial charge in [0.15, 0.2) is 5.96 Å². The van der Waals surface area contributed by atoms with Crippen LogP contribution in [0.2, 0.25) is 0 Å². The highest BCUT2D eigenvalue weighted by Gasteiger charge is 2.09. The zero-order valence-electron chi connectivity index (χ0n) is 16.8. The fraction of sp³-hybridized carbons (Fsp3) is 0.650. The summed E-state index contributed by atoms with van der Waals surface area (Å²) < 4.78 is 0. The molecule has 6 heteroatoms. The number of halogens is 1. The SMILES string of the molecule is CCNC(=NCc1ccc(N(C)C)cc1C)NCCN1CCCCC1.I. The normalized spacial score (nSPS) is 15.3. The summed E-state index contributed by atoms with van der Waals surface area (Å²) in [5.41, 5.74) is 3.80. The van der Waals surface area contributed by atoms with E-state index in [2.05, 4.69) is 66.6 Å². The molecule has 1 aromatic rings. The minimum atomic E-state index is 0. The van der Waals surface area contributed by atoms with Crippen molar-refractivity contribution in [1.29, 1.82) is 0 Å². The summed E-state index contributed by atoms with van der Waals surface area (Å²) in [6, 6.07) is 6.57. The number of rotatable bonds is 7. The van der Waals surface area contributed by atoms with Gasteiger partial charge in [-0.25, -0.2) is 4.99 Å². The van der Waals surface area contributed by atoms with Crippen LogP contribution in [0.25, 0.3) is 0 Å². The second kappa shape index (κ2) is 12.4. The molecule has 0 radical (unpaired) electrons. The largest absolute Gasteiger partial charge is 0.378 e. The lowest BCUT2D eigenvalue weighted by Gasteiger charge is -2.26. The van der Waals surface area contributed by atoms with Gasteiger partial charge in [0.25, 0.3) is 0 Å². The molecule has 0 unspecified atom stereocenters. The van der Waals surface area contributed by atoms with Gasteiger partial charge in [-0.1, -0.05) is 12.5 Å². The molecule has 0 saturated carbocycles. The van der Waals surface area contributed by atoms with E-state index >= 15 is 0 Å². The molecule has 26 heavy (non-hydrogen) atoms. The third kappa shape index (κ3) is 7.70. The molecule has 1 fully saturated rings. The molecule has 0 bridgehead atoms. The maximum absolute atomic E-state index is 4.76. The molecule has 148 valence electrons. The minimum Gasteiger partial charge on any atom is -0.378 e. The number of hydrogen-bond acceptors (Lipinski definition) is 3. The molecule has 1 aliphatic rings. The summed E-state index contributed by atoms with van der Waals surface area (Å²) in [4.78, 5) is 9.44. The third-order valence-electron chi connectivity index (χ3n) is 4.76. The number of likely N-dealkylation sites (tertiary alicyclic amines) is 1. The van der Waals surface area contributed by atoms with Gasteiger partial charge in [-0.15, -0.1) is 24.0 Å².